The maximum Gasteiger partial charge on any atom is 0.267 e. The van der Waals surface area contributed by atoms with Crippen LogP contribution in [0.5, 0.6) is 0 Å². The van der Waals surface area contributed by atoms with Crippen LogP contribution in [0.2, 0.25) is 0 Å². The fraction of sp³-hybridized carbons (Fsp3) is 0. The minimum absolute atomic E-state index is 0.699. The third-order valence-electron chi connectivity index (χ3n) is 0.262. The van der Waals surface area contributed by atoms with Crippen LogP contribution in [0.1, 0.15) is 0 Å². The molecule has 0 spiro atoms. The van der Waals surface area contributed by atoms with Crippen LogP contribution < -0.4 is 5.48 Å². The normalized spacial score (nSPS) is 6.83. The number of nitrogens with one attached hydrogen (secondary N) is 1. The second-order valence-electron chi connectivity index (χ2n) is 0.643. The summed E-state index contributed by atoms with van der Waals surface area (Å²) in [6, 6.07) is 0. The summed E-state index contributed by atoms with van der Waals surface area (Å²) in [5.41, 5.74) is 1.30. The molecule has 0 aliphatic carbocycles. The Bertz CT molecular complexity index is 69.2. The lowest BCUT2D eigenvalue weighted by Gasteiger charge is -1.81. The van der Waals surface area contributed by atoms with Gasteiger partial charge in [0.05, 0.1) is 0 Å². The minimum atomic E-state index is -0.699. The molecule has 0 saturated heterocycles. The first kappa shape index (κ1) is 5.17. The smallest absolute Gasteiger partial charge is 0.267 e. The molecule has 0 bridgehead atoms. The third kappa shape index (κ3) is 1.49. The van der Waals surface area contributed by atoms with Crippen LogP contribution in [-0.2, 0) is 4.79 Å². The SMILES string of the molecule is [CH]=CC(=O)NO. The van der Waals surface area contributed by atoms with Gasteiger partial charge in [-0.15, -0.1) is 0 Å². The van der Waals surface area contributed by atoms with Crippen molar-refractivity contribution < 1.29 is 10.0 Å². The Balaban J connectivity index is 3.23. The summed E-state index contributed by atoms with van der Waals surface area (Å²) in [7, 11) is 0. The van der Waals surface area contributed by atoms with Gasteiger partial charge in [-0.2, -0.15) is 0 Å². The van der Waals surface area contributed by atoms with Crippen LogP contribution >= 0.6 is 0 Å². The van der Waals surface area contributed by atoms with Gasteiger partial charge in [0.25, 0.3) is 5.91 Å². The second-order valence-corrected chi connectivity index (χ2v) is 0.643. The first-order chi connectivity index (χ1) is 2.81. The van der Waals surface area contributed by atoms with Gasteiger partial charge in [0, 0.05) is 6.08 Å². The maximum atomic E-state index is 9.64. The maximum absolute atomic E-state index is 9.64. The molecule has 0 aromatic heterocycles. The molecular weight excluding hydrogens is 82.0 g/mol. The first-order valence-electron chi connectivity index (χ1n) is 1.30. The van der Waals surface area contributed by atoms with Gasteiger partial charge < -0.3 is 0 Å². The Hall–Kier alpha value is -0.830. The number of carbonyl (C=O) groups is 1. The van der Waals surface area contributed by atoms with Crippen molar-refractivity contribution in [3.8, 4) is 0 Å². The van der Waals surface area contributed by atoms with Crippen molar-refractivity contribution in [2.24, 2.45) is 0 Å². The Morgan fingerprint density at radius 3 is 2.50 bits per heavy atom. The van der Waals surface area contributed by atoms with Crippen LogP contribution in [0, 0.1) is 6.58 Å². The Morgan fingerprint density at radius 2 is 2.50 bits per heavy atom. The van der Waals surface area contributed by atoms with Gasteiger partial charge in [-0.1, -0.05) is 6.58 Å². The predicted octanol–water partition coefficient (Wildman–Crippen LogP) is -0.519. The first-order valence-corrected chi connectivity index (χ1v) is 1.30. The molecule has 0 atom stereocenters. The average Bonchev–Trinajstić information content (AvgIpc) is 1.65. The van der Waals surface area contributed by atoms with Crippen molar-refractivity contribution in [1.82, 2.24) is 5.48 Å². The fourth-order valence-corrected chi connectivity index (χ4v) is 0.0373. The van der Waals surface area contributed by atoms with E-state index in [0.29, 0.717) is 0 Å². The van der Waals surface area contributed by atoms with E-state index in [9.17, 15) is 4.79 Å². The zero-order valence-electron chi connectivity index (χ0n) is 3.01. The van der Waals surface area contributed by atoms with Crippen molar-refractivity contribution in [1.29, 1.82) is 0 Å². The molecule has 1 radical (unpaired) electrons. The summed E-state index contributed by atoms with van der Waals surface area (Å²) in [5, 5.41) is 7.62. The number of hydroxylamine groups is 1. The van der Waals surface area contributed by atoms with E-state index in [0.717, 1.165) is 6.08 Å². The molecule has 0 saturated carbocycles. The number of hydrogen-bond donors (Lipinski definition) is 2. The third-order valence-corrected chi connectivity index (χ3v) is 0.262. The van der Waals surface area contributed by atoms with Crippen LogP contribution in [0.3, 0.4) is 0 Å². The molecule has 3 nitrogen and oxygen atoms in total. The van der Waals surface area contributed by atoms with Gasteiger partial charge in [0.1, 0.15) is 0 Å². The average molecular weight is 86.1 g/mol. The van der Waals surface area contributed by atoms with E-state index >= 15 is 0 Å². The highest BCUT2D eigenvalue weighted by Crippen LogP contribution is 1.55. The van der Waals surface area contributed by atoms with Crippen molar-refractivity contribution in [2.75, 3.05) is 0 Å². The predicted molar refractivity (Wildman–Crippen MR) is 18.8 cm³/mol. The van der Waals surface area contributed by atoms with Crippen LogP contribution in [0.25, 0.3) is 0 Å². The highest BCUT2D eigenvalue weighted by molar-refractivity contribution is 5.85. The summed E-state index contributed by atoms with van der Waals surface area (Å²) in [4.78, 5) is 9.64. The van der Waals surface area contributed by atoms with Gasteiger partial charge in [0.15, 0.2) is 0 Å². The molecule has 0 aliphatic rings. The molecule has 2 N–H and O–H groups in total. The lowest BCUT2D eigenvalue weighted by atomic mass is 10.6. The van der Waals surface area contributed by atoms with Crippen LogP contribution in [0.15, 0.2) is 6.08 Å². The highest BCUT2D eigenvalue weighted by atomic mass is 16.5. The topological polar surface area (TPSA) is 49.3 Å². The molecule has 0 heterocycles. The van der Waals surface area contributed by atoms with E-state index in [1.807, 2.05) is 0 Å². The van der Waals surface area contributed by atoms with E-state index in [-0.39, 0.29) is 0 Å². The zero-order valence-corrected chi connectivity index (χ0v) is 3.01. The largest absolute Gasteiger partial charge is 0.288 e. The van der Waals surface area contributed by atoms with E-state index in [2.05, 4.69) is 6.58 Å². The Labute approximate surface area is 35.2 Å². The number of carbonyl (C=O) groups excluding carboxylic acids is 1. The fourth-order valence-electron chi connectivity index (χ4n) is 0.0373. The standard InChI is InChI=1S/C3H4NO2/c1-2-3(5)4-6/h1-2,6H,(H,4,5). The summed E-state index contributed by atoms with van der Waals surface area (Å²) < 4.78 is 0. The van der Waals surface area contributed by atoms with E-state index < -0.39 is 5.91 Å². The van der Waals surface area contributed by atoms with Crippen LogP contribution in [-0.4, -0.2) is 11.1 Å². The molecule has 1 amide bonds. The summed E-state index contributed by atoms with van der Waals surface area (Å²) in [6.45, 7) is 4.59. The summed E-state index contributed by atoms with van der Waals surface area (Å²) >= 11 is 0. The second kappa shape index (κ2) is 2.41. The van der Waals surface area contributed by atoms with Gasteiger partial charge in [0.2, 0.25) is 0 Å². The van der Waals surface area contributed by atoms with Crippen molar-refractivity contribution >= 4 is 5.91 Å². The van der Waals surface area contributed by atoms with E-state index in [4.69, 9.17) is 5.21 Å². The van der Waals surface area contributed by atoms with Gasteiger partial charge in [-0.05, 0) is 0 Å². The highest BCUT2D eigenvalue weighted by Gasteiger charge is 1.81. The van der Waals surface area contributed by atoms with Crippen molar-refractivity contribution in [3.63, 3.8) is 0 Å². The Morgan fingerprint density at radius 1 is 2.00 bits per heavy atom. The van der Waals surface area contributed by atoms with Gasteiger partial charge in [-0.25, -0.2) is 5.48 Å². The zero-order chi connectivity index (χ0) is 4.99. The molecule has 0 unspecified atom stereocenters. The van der Waals surface area contributed by atoms with Gasteiger partial charge >= 0.3 is 0 Å². The van der Waals surface area contributed by atoms with E-state index in [1.54, 1.807) is 0 Å². The lowest BCUT2D eigenvalue weighted by Crippen LogP contribution is -2.14. The lowest BCUT2D eigenvalue weighted by molar-refractivity contribution is -0.124. The molecule has 0 aromatic carbocycles. The monoisotopic (exact) mass is 86.0 g/mol. The molecule has 33 valence electrons. The quantitative estimate of drug-likeness (QED) is 0.256. The van der Waals surface area contributed by atoms with Crippen LogP contribution in [0.4, 0.5) is 0 Å². The Kier molecular flexibility index (Phi) is 2.08. The molecule has 0 aliphatic heterocycles. The summed E-state index contributed by atoms with van der Waals surface area (Å²) in [5.74, 6) is -0.699. The molecule has 0 rings (SSSR count). The number of amides is 1. The molecule has 0 aromatic rings. The van der Waals surface area contributed by atoms with Gasteiger partial charge in [-0.3, -0.25) is 10.0 Å². The minimum Gasteiger partial charge on any atom is -0.288 e. The molecule has 0 fully saturated rings. The van der Waals surface area contributed by atoms with Crippen molar-refractivity contribution in [3.05, 3.63) is 12.7 Å². The number of hydrogen-bond acceptors (Lipinski definition) is 2. The van der Waals surface area contributed by atoms with Crippen molar-refractivity contribution in [2.45, 2.75) is 0 Å². The molecule has 6 heavy (non-hydrogen) atoms. The number of rotatable bonds is 1. The summed E-state index contributed by atoms with van der Waals surface area (Å²) in [6.07, 6.45) is 0.722. The molecular formula is C3H4NO2. The van der Waals surface area contributed by atoms with E-state index in [1.165, 1.54) is 5.48 Å². The molecule has 3 heteroatoms.